The topological polar surface area (TPSA) is 46.0 Å². The van der Waals surface area contributed by atoms with E-state index in [0.717, 1.165) is 24.6 Å². The zero-order valence-electron chi connectivity index (χ0n) is 12.6. The second kappa shape index (κ2) is 6.85. The van der Waals surface area contributed by atoms with Crippen molar-refractivity contribution < 1.29 is 0 Å². The molecule has 2 aromatic heterocycles. The Morgan fingerprint density at radius 2 is 2.25 bits per heavy atom. The Hall–Kier alpha value is -1.40. The van der Waals surface area contributed by atoms with E-state index < -0.39 is 0 Å². The molecule has 2 aromatic rings. The van der Waals surface area contributed by atoms with Gasteiger partial charge in [-0.1, -0.05) is 6.92 Å². The van der Waals surface area contributed by atoms with Gasteiger partial charge in [-0.2, -0.15) is 5.10 Å². The summed E-state index contributed by atoms with van der Waals surface area (Å²) in [4.78, 5) is 7.97. The summed E-state index contributed by atoms with van der Waals surface area (Å²) < 4.78 is 1.83. The lowest BCUT2D eigenvalue weighted by molar-refractivity contribution is 0.577. The van der Waals surface area contributed by atoms with Gasteiger partial charge in [-0.25, -0.2) is 4.98 Å². The molecule has 6 heteroatoms. The number of aromatic nitrogens is 3. The highest BCUT2D eigenvalue weighted by Crippen LogP contribution is 2.27. The summed E-state index contributed by atoms with van der Waals surface area (Å²) in [5.41, 5.74) is 1.20. The lowest BCUT2D eigenvalue weighted by Crippen LogP contribution is -2.18. The molecule has 0 aromatic carbocycles. The maximum atomic E-state index is 4.53. The number of nitrogens with one attached hydrogen (secondary N) is 1. The number of hydrogen-bond donors (Lipinski definition) is 1. The Balaban J connectivity index is 1.97. The SMILES string of the molecule is CCCNC(C)c1cnc(N(C)Cc2cnn(C)c2)s1. The highest BCUT2D eigenvalue weighted by Gasteiger charge is 2.12. The van der Waals surface area contributed by atoms with Crippen LogP contribution < -0.4 is 10.2 Å². The molecule has 0 aliphatic carbocycles. The molecule has 0 bridgehead atoms. The van der Waals surface area contributed by atoms with E-state index in [1.807, 2.05) is 30.3 Å². The second-order valence-corrected chi connectivity index (χ2v) is 6.14. The summed E-state index contributed by atoms with van der Waals surface area (Å²) >= 11 is 1.75. The lowest BCUT2D eigenvalue weighted by atomic mass is 10.3. The van der Waals surface area contributed by atoms with Crippen molar-refractivity contribution in [1.29, 1.82) is 0 Å². The molecule has 5 nitrogen and oxygen atoms in total. The van der Waals surface area contributed by atoms with E-state index in [-0.39, 0.29) is 0 Å². The minimum absolute atomic E-state index is 0.369. The van der Waals surface area contributed by atoms with Crippen molar-refractivity contribution in [2.75, 3.05) is 18.5 Å². The maximum absolute atomic E-state index is 4.53. The molecule has 0 aliphatic rings. The molecule has 110 valence electrons. The predicted molar refractivity (Wildman–Crippen MR) is 84.1 cm³/mol. The van der Waals surface area contributed by atoms with Crippen LogP contribution in [0, 0.1) is 0 Å². The van der Waals surface area contributed by atoms with E-state index in [9.17, 15) is 0 Å². The normalized spacial score (nSPS) is 12.6. The smallest absolute Gasteiger partial charge is 0.185 e. The number of rotatable bonds is 7. The van der Waals surface area contributed by atoms with E-state index in [2.05, 4.69) is 41.2 Å². The van der Waals surface area contributed by atoms with Crippen LogP contribution in [0.1, 0.15) is 36.8 Å². The Labute approximate surface area is 124 Å². The van der Waals surface area contributed by atoms with Gasteiger partial charge in [0, 0.05) is 49.5 Å². The van der Waals surface area contributed by atoms with E-state index >= 15 is 0 Å². The van der Waals surface area contributed by atoms with Crippen LogP contribution in [-0.4, -0.2) is 28.4 Å². The summed E-state index contributed by atoms with van der Waals surface area (Å²) in [6.45, 7) is 6.24. The molecule has 1 atom stereocenters. The van der Waals surface area contributed by atoms with Gasteiger partial charge in [-0.15, -0.1) is 11.3 Å². The molecule has 1 unspecified atom stereocenters. The van der Waals surface area contributed by atoms with Gasteiger partial charge < -0.3 is 10.2 Å². The molecule has 0 fully saturated rings. The van der Waals surface area contributed by atoms with Crippen LogP contribution >= 0.6 is 11.3 Å². The molecule has 2 rings (SSSR count). The predicted octanol–water partition coefficient (Wildman–Crippen LogP) is 2.57. The summed E-state index contributed by atoms with van der Waals surface area (Å²) in [6, 6.07) is 0.369. The van der Waals surface area contributed by atoms with Gasteiger partial charge >= 0.3 is 0 Å². The largest absolute Gasteiger partial charge is 0.347 e. The Morgan fingerprint density at radius 1 is 1.45 bits per heavy atom. The first-order valence-electron chi connectivity index (χ1n) is 6.98. The van der Waals surface area contributed by atoms with E-state index in [1.54, 1.807) is 11.3 Å². The number of nitrogens with zero attached hydrogens (tertiary/aromatic N) is 4. The lowest BCUT2D eigenvalue weighted by Gasteiger charge is -2.14. The quantitative estimate of drug-likeness (QED) is 0.852. The molecule has 2 heterocycles. The van der Waals surface area contributed by atoms with Crippen molar-refractivity contribution in [1.82, 2.24) is 20.1 Å². The van der Waals surface area contributed by atoms with E-state index in [1.165, 1.54) is 10.4 Å². The molecule has 1 N–H and O–H groups in total. The molecule has 0 aliphatic heterocycles. The molecule has 20 heavy (non-hydrogen) atoms. The van der Waals surface area contributed by atoms with Crippen LogP contribution in [0.5, 0.6) is 0 Å². The second-order valence-electron chi connectivity index (χ2n) is 5.10. The highest BCUT2D eigenvalue weighted by molar-refractivity contribution is 7.15. The van der Waals surface area contributed by atoms with Crippen LogP contribution in [0.4, 0.5) is 5.13 Å². The average molecular weight is 293 g/mol. The summed E-state index contributed by atoms with van der Waals surface area (Å²) in [5.74, 6) is 0. The van der Waals surface area contributed by atoms with E-state index in [4.69, 9.17) is 0 Å². The molecular weight excluding hydrogens is 270 g/mol. The molecular formula is C14H23N5S. The van der Waals surface area contributed by atoms with Gasteiger partial charge in [0.1, 0.15) is 0 Å². The number of anilines is 1. The number of hydrogen-bond acceptors (Lipinski definition) is 5. The van der Waals surface area contributed by atoms with Crippen LogP contribution in [-0.2, 0) is 13.6 Å². The zero-order chi connectivity index (χ0) is 14.5. The van der Waals surface area contributed by atoms with Gasteiger partial charge in [0.2, 0.25) is 0 Å². The van der Waals surface area contributed by atoms with Gasteiger partial charge in [0.15, 0.2) is 5.13 Å². The maximum Gasteiger partial charge on any atom is 0.185 e. The van der Waals surface area contributed by atoms with E-state index in [0.29, 0.717) is 6.04 Å². The third-order valence-corrected chi connectivity index (χ3v) is 4.44. The fraction of sp³-hybridized carbons (Fsp3) is 0.571. The molecule has 0 saturated carbocycles. The third kappa shape index (κ3) is 3.80. The van der Waals surface area contributed by atoms with Crippen molar-refractivity contribution in [2.24, 2.45) is 7.05 Å². The van der Waals surface area contributed by atoms with Crippen molar-refractivity contribution in [3.63, 3.8) is 0 Å². The first-order valence-corrected chi connectivity index (χ1v) is 7.79. The fourth-order valence-electron chi connectivity index (χ4n) is 2.01. The van der Waals surface area contributed by atoms with Crippen molar-refractivity contribution >= 4 is 16.5 Å². The van der Waals surface area contributed by atoms with Crippen LogP contribution in [0.15, 0.2) is 18.6 Å². The molecule has 0 saturated heterocycles. The average Bonchev–Trinajstić information content (AvgIpc) is 3.05. The van der Waals surface area contributed by atoms with Crippen molar-refractivity contribution in [2.45, 2.75) is 32.9 Å². The first-order chi connectivity index (χ1) is 9.60. The van der Waals surface area contributed by atoms with Crippen LogP contribution in [0.2, 0.25) is 0 Å². The van der Waals surface area contributed by atoms with Gasteiger partial charge in [0.25, 0.3) is 0 Å². The van der Waals surface area contributed by atoms with Crippen molar-refractivity contribution in [3.05, 3.63) is 29.0 Å². The van der Waals surface area contributed by atoms with Crippen LogP contribution in [0.3, 0.4) is 0 Å². The standard InChI is InChI=1S/C14H23N5S/c1-5-6-15-11(2)13-8-16-14(20-13)18(3)9-12-7-17-19(4)10-12/h7-8,10-11,15H,5-6,9H2,1-4H3. The monoisotopic (exact) mass is 293 g/mol. The first kappa shape index (κ1) is 15.0. The molecule has 0 amide bonds. The molecule has 0 radical (unpaired) electrons. The van der Waals surface area contributed by atoms with Gasteiger partial charge in [-0.05, 0) is 19.9 Å². The Morgan fingerprint density at radius 3 is 2.90 bits per heavy atom. The summed E-state index contributed by atoms with van der Waals surface area (Å²) in [6.07, 6.45) is 7.07. The van der Waals surface area contributed by atoms with Crippen molar-refractivity contribution in [3.8, 4) is 0 Å². The minimum atomic E-state index is 0.369. The van der Waals surface area contributed by atoms with Gasteiger partial charge in [-0.3, -0.25) is 4.68 Å². The summed E-state index contributed by atoms with van der Waals surface area (Å²) in [7, 11) is 4.01. The van der Waals surface area contributed by atoms with Crippen LogP contribution in [0.25, 0.3) is 0 Å². The Kier molecular flexibility index (Phi) is 5.14. The molecule has 0 spiro atoms. The zero-order valence-corrected chi connectivity index (χ0v) is 13.4. The number of thiazole rings is 1. The Bertz CT molecular complexity index is 533. The van der Waals surface area contributed by atoms with Gasteiger partial charge in [0.05, 0.1) is 6.20 Å². The fourth-order valence-corrected chi connectivity index (χ4v) is 2.91. The highest BCUT2D eigenvalue weighted by atomic mass is 32.1. The third-order valence-electron chi connectivity index (χ3n) is 3.14. The minimum Gasteiger partial charge on any atom is -0.347 e. The summed E-state index contributed by atoms with van der Waals surface area (Å²) in [5, 5.41) is 8.74. The number of aryl methyl sites for hydroxylation is 1.